The number of thioether (sulfide) groups is 1. The van der Waals surface area contributed by atoms with E-state index < -0.39 is 17.3 Å². The fraction of sp³-hybridized carbons (Fsp3) is 0.500. The van der Waals surface area contributed by atoms with Crippen LogP contribution in [0.1, 0.15) is 18.9 Å². The molecule has 7 heteroatoms. The van der Waals surface area contributed by atoms with Gasteiger partial charge in [0, 0.05) is 11.9 Å². The van der Waals surface area contributed by atoms with Crippen LogP contribution in [-0.4, -0.2) is 23.3 Å². The number of rotatable bonds is 5. The molecule has 0 saturated carbocycles. The van der Waals surface area contributed by atoms with E-state index >= 15 is 0 Å². The molecule has 0 radical (unpaired) electrons. The number of nitrogens with one attached hydrogen (secondary N) is 1. The molecule has 0 aliphatic rings. The highest BCUT2D eigenvalue weighted by atomic mass is 32.2. The van der Waals surface area contributed by atoms with Crippen molar-refractivity contribution in [3.63, 3.8) is 0 Å². The summed E-state index contributed by atoms with van der Waals surface area (Å²) in [6.45, 7) is 1.77. The van der Waals surface area contributed by atoms with Gasteiger partial charge in [-0.25, -0.2) is 4.98 Å². The topological polar surface area (TPSA) is 48.7 Å². The lowest BCUT2D eigenvalue weighted by molar-refractivity contribution is -0.137. The first-order valence-electron chi connectivity index (χ1n) is 5.57. The first kappa shape index (κ1) is 15.8. The summed E-state index contributed by atoms with van der Waals surface area (Å²) >= 11 is 1.33. The van der Waals surface area contributed by atoms with Crippen molar-refractivity contribution >= 4 is 11.8 Å². The summed E-state index contributed by atoms with van der Waals surface area (Å²) in [5, 5.41) is 12.4. The number of aromatic nitrogens is 1. The van der Waals surface area contributed by atoms with Crippen molar-refractivity contribution in [3.8, 4) is 6.07 Å². The van der Waals surface area contributed by atoms with Crippen LogP contribution < -0.4 is 5.32 Å². The van der Waals surface area contributed by atoms with Gasteiger partial charge in [-0.15, -0.1) is 11.8 Å². The third-order valence-electron chi connectivity index (χ3n) is 2.71. The summed E-state index contributed by atoms with van der Waals surface area (Å²) in [5.74, 6) is 0.600. The standard InChI is InChI=1S/C12H14F3N3S/c1-11(8-16,17-2)5-6-19-10-4-3-9(7-18-10)12(13,14)15/h3-4,7,17H,5-6H2,1-2H3. The van der Waals surface area contributed by atoms with Gasteiger partial charge >= 0.3 is 6.18 Å². The Bertz CT molecular complexity index is 453. The second-order valence-corrected chi connectivity index (χ2v) is 5.29. The molecule has 0 saturated heterocycles. The van der Waals surface area contributed by atoms with Gasteiger partial charge in [0.05, 0.1) is 16.7 Å². The predicted octanol–water partition coefficient (Wildman–Crippen LogP) is 3.08. The Morgan fingerprint density at radius 2 is 2.11 bits per heavy atom. The van der Waals surface area contributed by atoms with E-state index in [1.165, 1.54) is 17.8 Å². The van der Waals surface area contributed by atoms with Crippen LogP contribution in [0.5, 0.6) is 0 Å². The van der Waals surface area contributed by atoms with Gasteiger partial charge in [-0.1, -0.05) is 0 Å². The second-order valence-electron chi connectivity index (χ2n) is 4.18. The fourth-order valence-electron chi connectivity index (χ4n) is 1.23. The first-order chi connectivity index (χ1) is 8.80. The van der Waals surface area contributed by atoms with Gasteiger partial charge in [0.1, 0.15) is 5.54 Å². The zero-order valence-corrected chi connectivity index (χ0v) is 11.4. The van der Waals surface area contributed by atoms with E-state index in [4.69, 9.17) is 5.26 Å². The van der Waals surface area contributed by atoms with Gasteiger partial charge in [0.15, 0.2) is 0 Å². The van der Waals surface area contributed by atoms with Crippen molar-refractivity contribution < 1.29 is 13.2 Å². The lowest BCUT2D eigenvalue weighted by Gasteiger charge is -2.19. The van der Waals surface area contributed by atoms with E-state index in [0.717, 1.165) is 12.3 Å². The number of pyridine rings is 1. The van der Waals surface area contributed by atoms with Gasteiger partial charge in [-0.2, -0.15) is 18.4 Å². The molecule has 1 N–H and O–H groups in total. The van der Waals surface area contributed by atoms with Crippen LogP contribution in [0.3, 0.4) is 0 Å². The number of alkyl halides is 3. The normalized spacial score (nSPS) is 14.7. The van der Waals surface area contributed by atoms with Crippen molar-refractivity contribution in [1.82, 2.24) is 10.3 Å². The maximum atomic E-state index is 12.3. The Labute approximate surface area is 114 Å². The van der Waals surface area contributed by atoms with Crippen molar-refractivity contribution in [2.45, 2.75) is 30.1 Å². The van der Waals surface area contributed by atoms with E-state index in [2.05, 4.69) is 16.4 Å². The van der Waals surface area contributed by atoms with E-state index in [0.29, 0.717) is 17.2 Å². The quantitative estimate of drug-likeness (QED) is 0.846. The van der Waals surface area contributed by atoms with E-state index in [1.807, 2.05) is 0 Å². The third-order valence-corrected chi connectivity index (χ3v) is 3.66. The largest absolute Gasteiger partial charge is 0.417 e. The molecule has 0 aliphatic heterocycles. The lowest BCUT2D eigenvalue weighted by Crippen LogP contribution is -2.38. The van der Waals surface area contributed by atoms with Gasteiger partial charge < -0.3 is 5.32 Å². The molecular formula is C12H14F3N3S. The van der Waals surface area contributed by atoms with E-state index in [-0.39, 0.29) is 0 Å². The number of hydrogen-bond donors (Lipinski definition) is 1. The molecule has 1 heterocycles. The minimum atomic E-state index is -4.36. The fourth-order valence-corrected chi connectivity index (χ4v) is 2.24. The lowest BCUT2D eigenvalue weighted by atomic mass is 10.0. The third kappa shape index (κ3) is 4.73. The molecule has 1 atom stereocenters. The summed E-state index contributed by atoms with van der Waals surface area (Å²) in [6.07, 6.45) is -2.96. The van der Waals surface area contributed by atoms with Gasteiger partial charge in [0.2, 0.25) is 0 Å². The highest BCUT2D eigenvalue weighted by Crippen LogP contribution is 2.29. The zero-order chi connectivity index (χ0) is 14.5. The SMILES string of the molecule is CNC(C)(C#N)CCSc1ccc(C(F)(F)F)cn1. The molecule has 1 unspecified atom stereocenters. The summed E-state index contributed by atoms with van der Waals surface area (Å²) < 4.78 is 37.0. The number of hydrogen-bond acceptors (Lipinski definition) is 4. The molecule has 0 fully saturated rings. The minimum Gasteiger partial charge on any atom is -0.303 e. The molecule has 0 aliphatic carbocycles. The molecule has 104 valence electrons. The molecule has 1 rings (SSSR count). The molecule has 0 spiro atoms. The average Bonchev–Trinajstić information content (AvgIpc) is 2.38. The van der Waals surface area contributed by atoms with Crippen molar-refractivity contribution in [3.05, 3.63) is 23.9 Å². The monoisotopic (exact) mass is 289 g/mol. The van der Waals surface area contributed by atoms with Crippen LogP contribution in [0, 0.1) is 11.3 Å². The van der Waals surface area contributed by atoms with Crippen molar-refractivity contribution in [1.29, 1.82) is 5.26 Å². The maximum Gasteiger partial charge on any atom is 0.417 e. The van der Waals surface area contributed by atoms with E-state index in [9.17, 15) is 13.2 Å². The maximum absolute atomic E-state index is 12.3. The summed E-state index contributed by atoms with van der Waals surface area (Å²) in [4.78, 5) is 3.76. The van der Waals surface area contributed by atoms with Crippen LogP contribution in [0.25, 0.3) is 0 Å². The molecule has 0 aromatic carbocycles. The molecule has 1 aromatic heterocycles. The highest BCUT2D eigenvalue weighted by Gasteiger charge is 2.30. The molecule has 0 bridgehead atoms. The molecule has 0 amide bonds. The van der Waals surface area contributed by atoms with Crippen LogP contribution in [-0.2, 0) is 6.18 Å². The Hall–Kier alpha value is -1.26. The number of halogens is 3. The Balaban J connectivity index is 2.54. The highest BCUT2D eigenvalue weighted by molar-refractivity contribution is 7.99. The van der Waals surface area contributed by atoms with E-state index in [1.54, 1.807) is 14.0 Å². The minimum absolute atomic E-state index is 0.518. The Morgan fingerprint density at radius 1 is 1.42 bits per heavy atom. The smallest absolute Gasteiger partial charge is 0.303 e. The molecule has 3 nitrogen and oxygen atoms in total. The summed E-state index contributed by atoms with van der Waals surface area (Å²) in [7, 11) is 1.70. The number of nitrogens with zero attached hydrogens (tertiary/aromatic N) is 2. The second kappa shape index (κ2) is 6.26. The van der Waals surface area contributed by atoms with Gasteiger partial charge in [-0.05, 0) is 32.5 Å². The summed E-state index contributed by atoms with van der Waals surface area (Å²) in [6, 6.07) is 4.50. The molecular weight excluding hydrogens is 275 g/mol. The van der Waals surface area contributed by atoms with Gasteiger partial charge in [-0.3, -0.25) is 0 Å². The zero-order valence-electron chi connectivity index (χ0n) is 10.6. The molecule has 19 heavy (non-hydrogen) atoms. The molecule has 1 aromatic rings. The average molecular weight is 289 g/mol. The predicted molar refractivity (Wildman–Crippen MR) is 67.7 cm³/mol. The van der Waals surface area contributed by atoms with Crippen molar-refractivity contribution in [2.24, 2.45) is 0 Å². The van der Waals surface area contributed by atoms with Crippen molar-refractivity contribution in [2.75, 3.05) is 12.8 Å². The number of nitriles is 1. The Morgan fingerprint density at radius 3 is 2.53 bits per heavy atom. The Kier molecular flexibility index (Phi) is 5.20. The van der Waals surface area contributed by atoms with Crippen LogP contribution in [0.4, 0.5) is 13.2 Å². The van der Waals surface area contributed by atoms with Crippen LogP contribution >= 0.6 is 11.8 Å². The van der Waals surface area contributed by atoms with Crippen LogP contribution in [0.15, 0.2) is 23.4 Å². The first-order valence-corrected chi connectivity index (χ1v) is 6.55. The van der Waals surface area contributed by atoms with Gasteiger partial charge in [0.25, 0.3) is 0 Å². The van der Waals surface area contributed by atoms with Crippen LogP contribution in [0.2, 0.25) is 0 Å². The summed E-state index contributed by atoms with van der Waals surface area (Å²) in [5.41, 5.74) is -1.38.